The minimum Gasteiger partial charge on any atom is -0.465 e. The van der Waals surface area contributed by atoms with E-state index in [9.17, 15) is 9.90 Å². The summed E-state index contributed by atoms with van der Waals surface area (Å²) in [5, 5.41) is 13.1. The average Bonchev–Trinajstić information content (AvgIpc) is 3.10. The minimum absolute atomic E-state index is 0.00971. The van der Waals surface area contributed by atoms with Crippen LogP contribution >= 0.6 is 11.6 Å². The quantitative estimate of drug-likeness (QED) is 0.280. The number of hydrogen-bond donors (Lipinski definition) is 2. The lowest BCUT2D eigenvalue weighted by Crippen LogP contribution is -2.52. The summed E-state index contributed by atoms with van der Waals surface area (Å²) in [6, 6.07) is 7.54. The van der Waals surface area contributed by atoms with Crippen molar-refractivity contribution in [1.29, 1.82) is 0 Å². The number of imidazole rings is 1. The van der Waals surface area contributed by atoms with Gasteiger partial charge < -0.3 is 19.4 Å². The zero-order chi connectivity index (χ0) is 25.5. The van der Waals surface area contributed by atoms with Gasteiger partial charge in [0.05, 0.1) is 35.3 Å². The number of nitrogens with one attached hydrogen (secondary N) is 1. The molecule has 0 saturated carbocycles. The molecule has 2 heterocycles. The lowest BCUT2D eigenvalue weighted by atomic mass is 9.84. The van der Waals surface area contributed by atoms with E-state index >= 15 is 0 Å². The SMILES string of the molecule is CC(C)(C)C(O[Si](C)(C)C(C)(C)C)[C@H](CNC(=O)O)n1c(CCl)nc2cnc3ccccc3c21. The van der Waals surface area contributed by atoms with Crippen molar-refractivity contribution in [3.05, 3.63) is 36.3 Å². The fourth-order valence-electron chi connectivity index (χ4n) is 4.08. The molecule has 0 spiro atoms. The lowest BCUT2D eigenvalue weighted by Gasteiger charge is -2.46. The van der Waals surface area contributed by atoms with Crippen LogP contribution in [0.15, 0.2) is 30.5 Å². The van der Waals surface area contributed by atoms with Gasteiger partial charge in [-0.2, -0.15) is 0 Å². The molecule has 34 heavy (non-hydrogen) atoms. The van der Waals surface area contributed by atoms with Crippen LogP contribution in [0, 0.1) is 5.41 Å². The number of para-hydroxylation sites is 1. The zero-order valence-corrected chi connectivity index (χ0v) is 23.2. The first-order valence-corrected chi connectivity index (χ1v) is 15.1. The van der Waals surface area contributed by atoms with Gasteiger partial charge >= 0.3 is 6.09 Å². The normalized spacial score (nSPS) is 15.0. The summed E-state index contributed by atoms with van der Waals surface area (Å²) in [5.74, 6) is 0.851. The second kappa shape index (κ2) is 9.47. The summed E-state index contributed by atoms with van der Waals surface area (Å²) >= 11 is 6.41. The fraction of sp³-hybridized carbons (Fsp3) is 0.560. The molecular weight excluding hydrogens is 468 g/mol. The van der Waals surface area contributed by atoms with Gasteiger partial charge in [0.1, 0.15) is 11.3 Å². The molecule has 0 aliphatic carbocycles. The number of amides is 1. The third-order valence-electron chi connectivity index (χ3n) is 6.84. The van der Waals surface area contributed by atoms with E-state index in [4.69, 9.17) is 21.0 Å². The number of alkyl halides is 1. The maximum atomic E-state index is 11.6. The average molecular weight is 505 g/mol. The second-order valence-corrected chi connectivity index (χ2v) is 16.5. The number of hydrogen-bond acceptors (Lipinski definition) is 4. The number of halogens is 1. The molecular formula is C25H37ClN4O3Si. The Morgan fingerprint density at radius 3 is 2.38 bits per heavy atom. The van der Waals surface area contributed by atoms with Crippen molar-refractivity contribution >= 4 is 47.9 Å². The van der Waals surface area contributed by atoms with E-state index in [1.807, 2.05) is 24.3 Å². The molecule has 2 aromatic heterocycles. The van der Waals surface area contributed by atoms with Crippen molar-refractivity contribution in [1.82, 2.24) is 19.9 Å². The molecule has 9 heteroatoms. The number of rotatable bonds is 7. The molecule has 0 aliphatic heterocycles. The Morgan fingerprint density at radius 2 is 1.82 bits per heavy atom. The predicted molar refractivity (Wildman–Crippen MR) is 141 cm³/mol. The molecule has 0 aliphatic rings. The highest BCUT2D eigenvalue weighted by Gasteiger charge is 2.45. The van der Waals surface area contributed by atoms with Gasteiger partial charge in [0.25, 0.3) is 0 Å². The first-order valence-electron chi connectivity index (χ1n) is 11.6. The van der Waals surface area contributed by atoms with Crippen molar-refractivity contribution in [2.45, 2.75) is 77.7 Å². The van der Waals surface area contributed by atoms with Crippen LogP contribution < -0.4 is 5.32 Å². The number of nitrogens with zero attached hydrogens (tertiary/aromatic N) is 3. The molecule has 1 unspecified atom stereocenters. The third-order valence-corrected chi connectivity index (χ3v) is 11.5. The van der Waals surface area contributed by atoms with Gasteiger partial charge in [0.15, 0.2) is 8.32 Å². The van der Waals surface area contributed by atoms with Gasteiger partial charge in [-0.05, 0) is 29.6 Å². The van der Waals surface area contributed by atoms with Crippen LogP contribution in [0.3, 0.4) is 0 Å². The Hall–Kier alpha value is -2.16. The Kier molecular flexibility index (Phi) is 7.37. The van der Waals surface area contributed by atoms with Gasteiger partial charge in [0.2, 0.25) is 0 Å². The molecule has 3 aromatic rings. The number of fused-ring (bicyclic) bond motifs is 3. The molecule has 2 atom stereocenters. The highest BCUT2D eigenvalue weighted by molar-refractivity contribution is 6.74. The van der Waals surface area contributed by atoms with Crippen LogP contribution in [-0.2, 0) is 10.3 Å². The standard InChI is InChI=1S/C25H37ClN4O3Si/c1-24(2,3)22(33-34(7,8)25(4,5)6)19(15-28-23(31)32)30-20(13-26)29-18-14-27-17-12-10-9-11-16(17)21(18)30/h9-12,14,19,22,28H,13,15H2,1-8H3,(H,31,32)/t19-,22?/m0/s1. The molecule has 2 N–H and O–H groups in total. The van der Waals surface area contributed by atoms with Gasteiger partial charge in [-0.25, -0.2) is 9.78 Å². The van der Waals surface area contributed by atoms with Crippen molar-refractivity contribution in [3.63, 3.8) is 0 Å². The van der Waals surface area contributed by atoms with Gasteiger partial charge in [-0.1, -0.05) is 59.7 Å². The van der Waals surface area contributed by atoms with E-state index in [-0.39, 0.29) is 35.0 Å². The number of pyridine rings is 1. The summed E-state index contributed by atoms with van der Waals surface area (Å²) in [7, 11) is -2.21. The van der Waals surface area contributed by atoms with Crippen LogP contribution in [-0.4, -0.2) is 46.7 Å². The van der Waals surface area contributed by atoms with Gasteiger partial charge in [-0.3, -0.25) is 4.98 Å². The lowest BCUT2D eigenvalue weighted by molar-refractivity contribution is 0.0277. The summed E-state index contributed by atoms with van der Waals surface area (Å²) < 4.78 is 9.13. The van der Waals surface area contributed by atoms with Crippen LogP contribution in [0.2, 0.25) is 18.1 Å². The highest BCUT2D eigenvalue weighted by atomic mass is 35.5. The Labute approximate surface area is 208 Å². The van der Waals surface area contributed by atoms with E-state index in [0.29, 0.717) is 5.82 Å². The van der Waals surface area contributed by atoms with Crippen molar-refractivity contribution in [2.75, 3.05) is 6.54 Å². The molecule has 1 amide bonds. The maximum absolute atomic E-state index is 11.6. The first-order chi connectivity index (χ1) is 15.7. The first kappa shape index (κ1) is 26.4. The fourth-order valence-corrected chi connectivity index (χ4v) is 5.76. The van der Waals surface area contributed by atoms with Crippen LogP contribution in [0.1, 0.15) is 53.4 Å². The number of carboxylic acid groups (broad SMARTS) is 1. The van der Waals surface area contributed by atoms with Crippen molar-refractivity contribution in [2.24, 2.45) is 5.41 Å². The summed E-state index contributed by atoms with van der Waals surface area (Å²) in [4.78, 5) is 21.0. The Balaban J connectivity index is 2.31. The Bertz CT molecular complexity index is 1180. The van der Waals surface area contributed by atoms with E-state index in [2.05, 4.69) is 69.5 Å². The Morgan fingerprint density at radius 1 is 1.18 bits per heavy atom. The highest BCUT2D eigenvalue weighted by Crippen LogP contribution is 2.43. The second-order valence-electron chi connectivity index (χ2n) is 11.5. The van der Waals surface area contributed by atoms with Crippen LogP contribution in [0.5, 0.6) is 0 Å². The molecule has 7 nitrogen and oxygen atoms in total. The van der Waals surface area contributed by atoms with Crippen LogP contribution in [0.25, 0.3) is 21.9 Å². The summed E-state index contributed by atoms with van der Waals surface area (Å²) in [5.41, 5.74) is 2.18. The zero-order valence-electron chi connectivity index (χ0n) is 21.4. The number of benzene rings is 1. The molecule has 0 bridgehead atoms. The van der Waals surface area contributed by atoms with Gasteiger partial charge in [0, 0.05) is 11.9 Å². The van der Waals surface area contributed by atoms with E-state index in [1.54, 1.807) is 6.20 Å². The predicted octanol–water partition coefficient (Wildman–Crippen LogP) is 6.57. The van der Waals surface area contributed by atoms with Gasteiger partial charge in [-0.15, -0.1) is 11.6 Å². The van der Waals surface area contributed by atoms with E-state index in [1.165, 1.54) is 0 Å². The topological polar surface area (TPSA) is 89.3 Å². The number of aromatic nitrogens is 3. The summed E-state index contributed by atoms with van der Waals surface area (Å²) in [6.07, 6.45) is 0.382. The van der Waals surface area contributed by atoms with E-state index < -0.39 is 14.4 Å². The van der Waals surface area contributed by atoms with E-state index in [0.717, 1.165) is 21.9 Å². The molecule has 186 valence electrons. The molecule has 0 saturated heterocycles. The van der Waals surface area contributed by atoms with Crippen LogP contribution in [0.4, 0.5) is 4.79 Å². The van der Waals surface area contributed by atoms with Crippen molar-refractivity contribution in [3.8, 4) is 0 Å². The maximum Gasteiger partial charge on any atom is 0.404 e. The third kappa shape index (κ3) is 5.24. The minimum atomic E-state index is -2.21. The summed E-state index contributed by atoms with van der Waals surface area (Å²) in [6.45, 7) is 17.6. The van der Waals surface area contributed by atoms with Crippen molar-refractivity contribution < 1.29 is 14.3 Å². The molecule has 0 radical (unpaired) electrons. The number of carbonyl (C=O) groups is 1. The monoisotopic (exact) mass is 504 g/mol. The molecule has 3 rings (SSSR count). The molecule has 0 fully saturated rings. The largest absolute Gasteiger partial charge is 0.465 e. The molecule has 1 aromatic carbocycles. The smallest absolute Gasteiger partial charge is 0.404 e.